The van der Waals surface area contributed by atoms with Crippen molar-refractivity contribution in [1.82, 2.24) is 29.0 Å². The van der Waals surface area contributed by atoms with E-state index in [1.807, 2.05) is 19.1 Å². The maximum atomic E-state index is 13.6. The number of carbonyl (C=O) groups excluding carboxylic acids is 3. The van der Waals surface area contributed by atoms with Crippen molar-refractivity contribution in [3.63, 3.8) is 0 Å². The van der Waals surface area contributed by atoms with Crippen LogP contribution in [0.25, 0.3) is 16.7 Å². The van der Waals surface area contributed by atoms with Crippen LogP contribution in [0, 0.1) is 24.7 Å². The Labute approximate surface area is 200 Å². The Morgan fingerprint density at radius 3 is 2.26 bits per heavy atom. The third-order valence-electron chi connectivity index (χ3n) is 8.77. The van der Waals surface area contributed by atoms with Crippen LogP contribution in [0.3, 0.4) is 0 Å². The van der Waals surface area contributed by atoms with Crippen LogP contribution in [0.5, 0.6) is 0 Å². The van der Waals surface area contributed by atoms with Gasteiger partial charge < -0.3 is 0 Å². The van der Waals surface area contributed by atoms with Crippen LogP contribution < -0.4 is 5.56 Å². The third kappa shape index (κ3) is 2.70. The summed E-state index contributed by atoms with van der Waals surface area (Å²) in [4.78, 5) is 55.1. The molecule has 0 radical (unpaired) electrons. The van der Waals surface area contributed by atoms with Gasteiger partial charge in [0.05, 0.1) is 23.0 Å². The van der Waals surface area contributed by atoms with E-state index in [9.17, 15) is 19.2 Å². The minimum atomic E-state index is -0.813. The van der Waals surface area contributed by atoms with Crippen molar-refractivity contribution in [2.45, 2.75) is 57.5 Å². The van der Waals surface area contributed by atoms with Crippen molar-refractivity contribution in [3.05, 3.63) is 39.9 Å². The molecule has 2 aromatic heterocycles. The van der Waals surface area contributed by atoms with Crippen LogP contribution in [-0.4, -0.2) is 52.3 Å². The van der Waals surface area contributed by atoms with Crippen molar-refractivity contribution < 1.29 is 14.4 Å². The summed E-state index contributed by atoms with van der Waals surface area (Å²) in [5, 5.41) is 8.88. The molecule has 5 fully saturated rings. The highest BCUT2D eigenvalue weighted by molar-refractivity contribution is 6.44. The predicted molar refractivity (Wildman–Crippen MR) is 124 cm³/mol. The molecule has 3 heterocycles. The second-order valence-electron chi connectivity index (χ2n) is 11.1. The fraction of sp³-hybridized carbons (Fsp3) is 0.520. The fourth-order valence-corrected chi connectivity index (χ4v) is 7.70. The summed E-state index contributed by atoms with van der Waals surface area (Å²) in [7, 11) is 1.61. The lowest BCUT2D eigenvalue weighted by Crippen LogP contribution is -2.61. The van der Waals surface area contributed by atoms with Gasteiger partial charge in [0.2, 0.25) is 5.78 Å². The Morgan fingerprint density at radius 2 is 1.60 bits per heavy atom. The molecule has 10 nitrogen and oxygen atoms in total. The molecular formula is C25H26N6O4. The smallest absolute Gasteiger partial charge is 0.279 e. The van der Waals surface area contributed by atoms with E-state index >= 15 is 0 Å². The zero-order valence-corrected chi connectivity index (χ0v) is 19.7. The summed E-state index contributed by atoms with van der Waals surface area (Å²) in [6.07, 6.45) is 5.92. The lowest BCUT2D eigenvalue weighted by atomic mass is 9.52. The number of nitrogens with zero attached hydrogens (tertiary/aromatic N) is 6. The number of urea groups is 1. The van der Waals surface area contributed by atoms with Gasteiger partial charge in [0.15, 0.2) is 5.82 Å². The molecule has 8 rings (SSSR count). The van der Waals surface area contributed by atoms with Crippen molar-refractivity contribution in [3.8, 4) is 0 Å². The normalized spacial score (nSPS) is 30.0. The van der Waals surface area contributed by atoms with Crippen molar-refractivity contribution in [2.24, 2.45) is 24.8 Å². The molecule has 0 unspecified atom stereocenters. The summed E-state index contributed by atoms with van der Waals surface area (Å²) < 4.78 is 3.09. The van der Waals surface area contributed by atoms with Gasteiger partial charge in [-0.2, -0.15) is 0 Å². The molecule has 5 aliphatic rings. The van der Waals surface area contributed by atoms with Gasteiger partial charge in [0.25, 0.3) is 5.56 Å². The van der Waals surface area contributed by atoms with Crippen molar-refractivity contribution >= 4 is 34.5 Å². The molecule has 0 spiro atoms. The quantitative estimate of drug-likeness (QED) is 0.425. The second kappa shape index (κ2) is 6.77. The predicted octanol–water partition coefficient (Wildman–Crippen LogP) is 2.15. The SMILES string of the molecule is Cc1ccc2c(c1)c(=O)n(C)c1nnc(CN3C(=O)C(=O)N(C45CC6CC(CC(C6)C4)C5)C3=O)n21. The van der Waals surface area contributed by atoms with E-state index in [0.717, 1.165) is 29.7 Å². The molecular weight excluding hydrogens is 448 g/mol. The molecule has 0 N–H and O–H groups in total. The molecule has 4 aliphatic carbocycles. The maximum absolute atomic E-state index is 13.6. The van der Waals surface area contributed by atoms with Crippen LogP contribution in [0.2, 0.25) is 0 Å². The Kier molecular flexibility index (Phi) is 4.02. The van der Waals surface area contributed by atoms with Crippen LogP contribution in [0.4, 0.5) is 4.79 Å². The summed E-state index contributed by atoms with van der Waals surface area (Å²) in [6.45, 7) is 1.72. The largest absolute Gasteiger partial charge is 0.335 e. The zero-order valence-electron chi connectivity index (χ0n) is 19.7. The summed E-state index contributed by atoms with van der Waals surface area (Å²) in [6, 6.07) is 4.94. The van der Waals surface area contributed by atoms with Gasteiger partial charge in [-0.05, 0) is 75.3 Å². The first kappa shape index (κ1) is 20.8. The molecule has 4 saturated carbocycles. The highest BCUT2D eigenvalue weighted by atomic mass is 16.2. The molecule has 10 heteroatoms. The Morgan fingerprint density at radius 1 is 0.943 bits per heavy atom. The van der Waals surface area contributed by atoms with Crippen LogP contribution in [0.15, 0.2) is 23.0 Å². The molecule has 1 aromatic carbocycles. The van der Waals surface area contributed by atoms with Gasteiger partial charge in [-0.1, -0.05) is 11.6 Å². The fourth-order valence-electron chi connectivity index (χ4n) is 7.70. The summed E-state index contributed by atoms with van der Waals surface area (Å²) in [5.74, 6) is 0.690. The van der Waals surface area contributed by atoms with Gasteiger partial charge in [-0.15, -0.1) is 10.2 Å². The molecule has 1 saturated heterocycles. The molecule has 35 heavy (non-hydrogen) atoms. The average Bonchev–Trinajstić information content (AvgIpc) is 3.31. The lowest BCUT2D eigenvalue weighted by molar-refractivity contribution is -0.150. The topological polar surface area (TPSA) is 110 Å². The molecule has 4 bridgehead atoms. The highest BCUT2D eigenvalue weighted by Crippen LogP contribution is 2.58. The highest BCUT2D eigenvalue weighted by Gasteiger charge is 2.61. The first-order chi connectivity index (χ1) is 16.8. The Hall–Kier alpha value is -3.56. The van der Waals surface area contributed by atoms with Crippen LogP contribution in [0.1, 0.15) is 49.9 Å². The van der Waals surface area contributed by atoms with E-state index in [-0.39, 0.29) is 12.1 Å². The van der Waals surface area contributed by atoms with Gasteiger partial charge in [0, 0.05) is 7.05 Å². The van der Waals surface area contributed by atoms with E-state index < -0.39 is 23.4 Å². The van der Waals surface area contributed by atoms with Crippen molar-refractivity contribution in [1.29, 1.82) is 0 Å². The van der Waals surface area contributed by atoms with Gasteiger partial charge in [-0.3, -0.25) is 23.4 Å². The number of aryl methyl sites for hydroxylation is 2. The summed E-state index contributed by atoms with van der Waals surface area (Å²) >= 11 is 0. The van der Waals surface area contributed by atoms with Gasteiger partial charge >= 0.3 is 17.8 Å². The summed E-state index contributed by atoms with van der Waals surface area (Å²) in [5.41, 5.74) is 0.794. The molecule has 3 aromatic rings. The van der Waals surface area contributed by atoms with E-state index in [0.29, 0.717) is 40.3 Å². The monoisotopic (exact) mass is 474 g/mol. The second-order valence-corrected chi connectivity index (χ2v) is 11.1. The van der Waals surface area contributed by atoms with Crippen LogP contribution >= 0.6 is 0 Å². The minimum absolute atomic E-state index is 0.186. The number of fused-ring (bicyclic) bond motifs is 3. The maximum Gasteiger partial charge on any atom is 0.335 e. The van der Waals surface area contributed by atoms with E-state index in [2.05, 4.69) is 10.2 Å². The molecule has 1 aliphatic heterocycles. The number of hydrogen-bond acceptors (Lipinski definition) is 6. The minimum Gasteiger partial charge on any atom is -0.279 e. The van der Waals surface area contributed by atoms with Gasteiger partial charge in [0.1, 0.15) is 0 Å². The molecule has 180 valence electrons. The lowest BCUT2D eigenvalue weighted by Gasteiger charge is -2.58. The van der Waals surface area contributed by atoms with Crippen molar-refractivity contribution in [2.75, 3.05) is 0 Å². The third-order valence-corrected chi connectivity index (χ3v) is 8.77. The molecule has 4 amide bonds. The number of carbonyl (C=O) groups is 3. The standard InChI is InChI=1S/C25H26N6O4/c1-13-3-4-18-17(5-13)20(32)28(2)23-27-26-19(30(18)23)12-29-21(33)22(34)31(24(29)35)25-9-14-6-15(10-25)8-16(7-14)11-25/h3-5,14-16H,6-12H2,1-2H3. The first-order valence-corrected chi connectivity index (χ1v) is 12.3. The number of benzene rings is 1. The van der Waals surface area contributed by atoms with E-state index in [1.165, 1.54) is 28.7 Å². The van der Waals surface area contributed by atoms with E-state index in [1.54, 1.807) is 17.5 Å². The van der Waals surface area contributed by atoms with Crippen LogP contribution in [-0.2, 0) is 23.2 Å². The first-order valence-electron chi connectivity index (χ1n) is 12.3. The molecule has 0 atom stereocenters. The average molecular weight is 475 g/mol. The van der Waals surface area contributed by atoms with E-state index in [4.69, 9.17) is 0 Å². The number of hydrogen-bond donors (Lipinski definition) is 0. The number of rotatable bonds is 3. The number of amides is 4. The number of aromatic nitrogens is 4. The number of imide groups is 2. The van der Waals surface area contributed by atoms with Gasteiger partial charge in [-0.25, -0.2) is 14.6 Å². The Bertz CT molecular complexity index is 1500. The zero-order chi connectivity index (χ0) is 24.2. The Balaban J connectivity index is 1.29.